The molecular formula is C28H32N6O3. The quantitative estimate of drug-likeness (QED) is 0.181. The van der Waals surface area contributed by atoms with Crippen LogP contribution in [0.3, 0.4) is 0 Å². The minimum absolute atomic E-state index is 0. The number of nitrogens with two attached hydrogens (primary N) is 1. The van der Waals surface area contributed by atoms with Crippen molar-refractivity contribution in [3.63, 3.8) is 0 Å². The van der Waals surface area contributed by atoms with E-state index in [0.29, 0.717) is 51.2 Å². The van der Waals surface area contributed by atoms with Gasteiger partial charge < -0.3 is 31.4 Å². The average molecular weight is 501 g/mol. The summed E-state index contributed by atoms with van der Waals surface area (Å²) in [7, 11) is 3.88. The SMILES string of the molecule is C.CN(C)CCNC(=O)c1ccc2[nH]c(O)c(C=Nc3ccc(C(=O)Nc4ccccc4N)cc3)c2c1. The Bertz CT molecular complexity index is 1420. The van der Waals surface area contributed by atoms with Crippen LogP contribution in [-0.4, -0.2) is 60.2 Å². The number of carbonyl (C=O) groups is 2. The number of likely N-dealkylation sites (N-methyl/N-ethyl adjacent to an activating group) is 1. The molecule has 1 aromatic heterocycles. The van der Waals surface area contributed by atoms with Gasteiger partial charge in [-0.15, -0.1) is 0 Å². The van der Waals surface area contributed by atoms with Gasteiger partial charge in [0.1, 0.15) is 0 Å². The number of nitrogen functional groups attached to an aromatic ring is 1. The van der Waals surface area contributed by atoms with Crippen molar-refractivity contribution in [2.24, 2.45) is 4.99 Å². The van der Waals surface area contributed by atoms with Gasteiger partial charge in [0.05, 0.1) is 22.6 Å². The lowest BCUT2D eigenvalue weighted by Gasteiger charge is -2.10. The van der Waals surface area contributed by atoms with Crippen molar-refractivity contribution >= 4 is 46.0 Å². The molecule has 0 aliphatic heterocycles. The molecule has 9 nitrogen and oxygen atoms in total. The molecule has 0 spiro atoms. The van der Waals surface area contributed by atoms with Crippen LogP contribution >= 0.6 is 0 Å². The van der Waals surface area contributed by atoms with E-state index in [-0.39, 0.29) is 25.1 Å². The highest BCUT2D eigenvalue weighted by Gasteiger charge is 2.13. The summed E-state index contributed by atoms with van der Waals surface area (Å²) in [5, 5.41) is 16.8. The van der Waals surface area contributed by atoms with Gasteiger partial charge in [0.15, 0.2) is 5.88 Å². The van der Waals surface area contributed by atoms with Crippen molar-refractivity contribution in [2.45, 2.75) is 7.43 Å². The van der Waals surface area contributed by atoms with E-state index in [2.05, 4.69) is 20.6 Å². The molecule has 0 unspecified atom stereocenters. The molecule has 4 aromatic rings. The Morgan fingerprint density at radius 2 is 1.73 bits per heavy atom. The van der Waals surface area contributed by atoms with Crippen LogP contribution in [0.2, 0.25) is 0 Å². The van der Waals surface area contributed by atoms with Gasteiger partial charge in [-0.3, -0.25) is 14.6 Å². The topological polar surface area (TPSA) is 136 Å². The number of anilines is 2. The molecule has 3 aromatic carbocycles. The second-order valence-corrected chi connectivity index (χ2v) is 8.55. The molecule has 2 amide bonds. The van der Waals surface area contributed by atoms with Crippen molar-refractivity contribution in [1.82, 2.24) is 15.2 Å². The van der Waals surface area contributed by atoms with Crippen molar-refractivity contribution < 1.29 is 14.7 Å². The number of nitrogens with zero attached hydrogens (tertiary/aromatic N) is 2. The fourth-order valence-corrected chi connectivity index (χ4v) is 3.61. The third kappa shape index (κ3) is 6.53. The highest BCUT2D eigenvalue weighted by atomic mass is 16.3. The summed E-state index contributed by atoms with van der Waals surface area (Å²) in [5.74, 6) is -0.516. The number of hydrogen-bond acceptors (Lipinski definition) is 6. The zero-order valence-electron chi connectivity index (χ0n) is 20.1. The van der Waals surface area contributed by atoms with E-state index in [4.69, 9.17) is 5.73 Å². The first-order valence-electron chi connectivity index (χ1n) is 11.4. The summed E-state index contributed by atoms with van der Waals surface area (Å²) in [6.07, 6.45) is 1.53. The van der Waals surface area contributed by atoms with Crippen LogP contribution in [0.5, 0.6) is 5.88 Å². The van der Waals surface area contributed by atoms with Crippen LogP contribution in [-0.2, 0) is 0 Å². The van der Waals surface area contributed by atoms with Gasteiger partial charge in [0, 0.05) is 41.3 Å². The lowest BCUT2D eigenvalue weighted by Crippen LogP contribution is -2.31. The number of nitrogens with one attached hydrogen (secondary N) is 3. The van der Waals surface area contributed by atoms with Gasteiger partial charge in [0.25, 0.3) is 11.8 Å². The molecule has 1 heterocycles. The molecule has 0 aliphatic rings. The number of hydrogen-bond donors (Lipinski definition) is 5. The number of H-pyrrole nitrogens is 1. The van der Waals surface area contributed by atoms with E-state index in [1.54, 1.807) is 66.7 Å². The van der Waals surface area contributed by atoms with E-state index < -0.39 is 0 Å². The normalized spacial score (nSPS) is 11.0. The van der Waals surface area contributed by atoms with Crippen molar-refractivity contribution in [2.75, 3.05) is 38.2 Å². The predicted octanol–water partition coefficient (Wildman–Crippen LogP) is 4.39. The molecular weight excluding hydrogens is 468 g/mol. The van der Waals surface area contributed by atoms with Gasteiger partial charge in [-0.05, 0) is 68.7 Å². The van der Waals surface area contributed by atoms with E-state index in [1.165, 1.54) is 6.21 Å². The Balaban J connectivity index is 0.00000380. The molecule has 192 valence electrons. The average Bonchev–Trinajstić information content (AvgIpc) is 3.18. The van der Waals surface area contributed by atoms with Crippen LogP contribution in [0, 0.1) is 0 Å². The standard InChI is InChI=1S/C27H28N6O3.CH4/c1-33(2)14-13-29-25(34)18-9-12-23-20(15-18)21(27(36)31-23)16-30-19-10-7-17(8-11-19)26(35)32-24-6-4-3-5-22(24)28;/h3-12,15-16,31,36H,13-14,28H2,1-2H3,(H,29,34)(H,32,35);1H4. The summed E-state index contributed by atoms with van der Waals surface area (Å²) < 4.78 is 0. The van der Waals surface area contributed by atoms with E-state index in [9.17, 15) is 14.7 Å². The summed E-state index contributed by atoms with van der Waals surface area (Å²) in [5.41, 5.74) is 9.61. The number of fused-ring (bicyclic) bond motifs is 1. The highest BCUT2D eigenvalue weighted by Crippen LogP contribution is 2.27. The fourth-order valence-electron chi connectivity index (χ4n) is 3.61. The third-order valence-electron chi connectivity index (χ3n) is 5.61. The maximum absolute atomic E-state index is 12.5. The molecule has 6 N–H and O–H groups in total. The van der Waals surface area contributed by atoms with Crippen LogP contribution < -0.4 is 16.4 Å². The van der Waals surface area contributed by atoms with E-state index >= 15 is 0 Å². The van der Waals surface area contributed by atoms with Crippen LogP contribution in [0.1, 0.15) is 33.7 Å². The number of aromatic amines is 1. The third-order valence-corrected chi connectivity index (χ3v) is 5.61. The Kier molecular flexibility index (Phi) is 8.65. The first-order valence-corrected chi connectivity index (χ1v) is 11.4. The monoisotopic (exact) mass is 500 g/mol. The summed E-state index contributed by atoms with van der Waals surface area (Å²) in [6, 6.07) is 18.9. The second kappa shape index (κ2) is 11.9. The minimum Gasteiger partial charge on any atom is -0.494 e. The van der Waals surface area contributed by atoms with Crippen molar-refractivity contribution in [3.05, 3.63) is 83.4 Å². The Morgan fingerprint density at radius 1 is 1.03 bits per heavy atom. The molecule has 0 fully saturated rings. The summed E-state index contributed by atoms with van der Waals surface area (Å²) in [4.78, 5) is 34.4. The first kappa shape index (κ1) is 27.0. The second-order valence-electron chi connectivity index (χ2n) is 8.55. The Morgan fingerprint density at radius 3 is 2.43 bits per heavy atom. The predicted molar refractivity (Wildman–Crippen MR) is 150 cm³/mol. The highest BCUT2D eigenvalue weighted by molar-refractivity contribution is 6.07. The Hall–Kier alpha value is -4.63. The van der Waals surface area contributed by atoms with Crippen LogP contribution in [0.4, 0.5) is 17.1 Å². The zero-order chi connectivity index (χ0) is 25.7. The molecule has 0 radical (unpaired) electrons. The van der Waals surface area contributed by atoms with Crippen molar-refractivity contribution in [3.8, 4) is 5.88 Å². The number of rotatable bonds is 8. The number of aliphatic imine (C=N–C) groups is 1. The first-order chi connectivity index (χ1) is 17.3. The molecule has 4 rings (SSSR count). The van der Waals surface area contributed by atoms with Crippen molar-refractivity contribution in [1.29, 1.82) is 0 Å². The molecule has 0 bridgehead atoms. The molecule has 0 saturated heterocycles. The minimum atomic E-state index is -0.283. The van der Waals surface area contributed by atoms with Gasteiger partial charge in [0.2, 0.25) is 0 Å². The lowest BCUT2D eigenvalue weighted by atomic mass is 10.1. The molecule has 37 heavy (non-hydrogen) atoms. The molecule has 0 aliphatic carbocycles. The molecule has 0 atom stereocenters. The van der Waals surface area contributed by atoms with E-state index in [1.807, 2.05) is 19.0 Å². The summed E-state index contributed by atoms with van der Waals surface area (Å²) in [6.45, 7) is 1.26. The zero-order valence-corrected chi connectivity index (χ0v) is 20.1. The van der Waals surface area contributed by atoms with Gasteiger partial charge in [-0.1, -0.05) is 19.6 Å². The van der Waals surface area contributed by atoms with E-state index in [0.717, 1.165) is 6.54 Å². The summed E-state index contributed by atoms with van der Waals surface area (Å²) >= 11 is 0. The number of benzene rings is 3. The fraction of sp³-hybridized carbons (Fsp3) is 0.179. The number of aromatic nitrogens is 1. The maximum Gasteiger partial charge on any atom is 0.255 e. The molecule has 0 saturated carbocycles. The molecule has 9 heteroatoms. The number of carbonyl (C=O) groups excluding carboxylic acids is 2. The number of aromatic hydroxyl groups is 1. The maximum atomic E-state index is 12.5. The number of amides is 2. The largest absolute Gasteiger partial charge is 0.494 e. The van der Waals surface area contributed by atoms with Gasteiger partial charge in [-0.25, -0.2) is 0 Å². The number of para-hydroxylation sites is 2. The van der Waals surface area contributed by atoms with Gasteiger partial charge >= 0.3 is 0 Å². The van der Waals surface area contributed by atoms with Crippen LogP contribution in [0.15, 0.2) is 71.7 Å². The lowest BCUT2D eigenvalue weighted by molar-refractivity contribution is 0.0950. The van der Waals surface area contributed by atoms with Crippen LogP contribution in [0.25, 0.3) is 10.9 Å². The Labute approximate surface area is 216 Å². The van der Waals surface area contributed by atoms with Gasteiger partial charge in [-0.2, -0.15) is 0 Å². The smallest absolute Gasteiger partial charge is 0.255 e.